The first kappa shape index (κ1) is 17.3. The van der Waals surface area contributed by atoms with Crippen molar-refractivity contribution in [1.82, 2.24) is 0 Å². The number of amides is 2. The van der Waals surface area contributed by atoms with E-state index in [0.29, 0.717) is 23.5 Å². The van der Waals surface area contributed by atoms with Crippen LogP contribution in [0.25, 0.3) is 0 Å². The molecule has 0 saturated heterocycles. The van der Waals surface area contributed by atoms with Crippen LogP contribution < -0.4 is 15.4 Å². The van der Waals surface area contributed by atoms with Gasteiger partial charge in [-0.1, -0.05) is 12.1 Å². The van der Waals surface area contributed by atoms with E-state index in [1.54, 1.807) is 30.3 Å². The summed E-state index contributed by atoms with van der Waals surface area (Å²) in [5.41, 5.74) is 2.29. The van der Waals surface area contributed by atoms with E-state index in [1.165, 1.54) is 7.11 Å². The summed E-state index contributed by atoms with van der Waals surface area (Å²) in [5, 5.41) is 5.34. The lowest BCUT2D eigenvalue weighted by molar-refractivity contribution is 0.102. The molecule has 2 N–H and O–H groups in total. The second-order valence-electron chi connectivity index (χ2n) is 5.03. The highest BCUT2D eigenvalue weighted by atomic mass is 16.5. The molecule has 0 heterocycles. The minimum atomic E-state index is -0.632. The SMILES string of the molecule is CCOc1ccc(NC(=O)c2ccccc2NC(=O)OC)cc1C. The minimum absolute atomic E-state index is 0.328. The molecule has 24 heavy (non-hydrogen) atoms. The summed E-state index contributed by atoms with van der Waals surface area (Å²) >= 11 is 0. The molecule has 0 spiro atoms. The van der Waals surface area contributed by atoms with Gasteiger partial charge in [-0.15, -0.1) is 0 Å². The Morgan fingerprint density at radius 1 is 1.08 bits per heavy atom. The molecule has 0 aliphatic heterocycles. The van der Waals surface area contributed by atoms with Gasteiger partial charge in [-0.2, -0.15) is 0 Å². The lowest BCUT2D eigenvalue weighted by Gasteiger charge is -2.12. The fourth-order valence-electron chi connectivity index (χ4n) is 2.19. The Kier molecular flexibility index (Phi) is 5.78. The van der Waals surface area contributed by atoms with Crippen LogP contribution in [-0.4, -0.2) is 25.7 Å². The molecule has 0 bridgehead atoms. The van der Waals surface area contributed by atoms with Crippen LogP contribution in [0.3, 0.4) is 0 Å². The molecule has 6 heteroatoms. The topological polar surface area (TPSA) is 76.7 Å². The molecule has 2 rings (SSSR count). The lowest BCUT2D eigenvalue weighted by Crippen LogP contribution is -2.18. The monoisotopic (exact) mass is 328 g/mol. The van der Waals surface area contributed by atoms with E-state index < -0.39 is 6.09 Å². The normalized spacial score (nSPS) is 9.96. The molecule has 0 unspecified atom stereocenters. The molecule has 2 aromatic rings. The summed E-state index contributed by atoms with van der Waals surface area (Å²) in [4.78, 5) is 23.9. The zero-order valence-corrected chi connectivity index (χ0v) is 13.9. The van der Waals surface area contributed by atoms with Crippen molar-refractivity contribution in [3.05, 3.63) is 53.6 Å². The van der Waals surface area contributed by atoms with Gasteiger partial charge in [0.15, 0.2) is 0 Å². The number of para-hydroxylation sites is 1. The van der Waals surface area contributed by atoms with Gasteiger partial charge in [0.05, 0.1) is 25.0 Å². The second-order valence-corrected chi connectivity index (χ2v) is 5.03. The van der Waals surface area contributed by atoms with E-state index in [1.807, 2.05) is 26.0 Å². The zero-order chi connectivity index (χ0) is 17.5. The van der Waals surface area contributed by atoms with Crippen LogP contribution in [0.1, 0.15) is 22.8 Å². The Morgan fingerprint density at radius 3 is 2.50 bits per heavy atom. The third kappa shape index (κ3) is 4.25. The quantitative estimate of drug-likeness (QED) is 0.874. The summed E-state index contributed by atoms with van der Waals surface area (Å²) in [6.07, 6.45) is -0.632. The number of methoxy groups -OCH3 is 1. The molecule has 0 saturated carbocycles. The van der Waals surface area contributed by atoms with Crippen LogP contribution in [0.15, 0.2) is 42.5 Å². The molecule has 0 aliphatic carbocycles. The van der Waals surface area contributed by atoms with E-state index in [9.17, 15) is 9.59 Å². The number of carbonyl (C=O) groups excluding carboxylic acids is 2. The van der Waals surface area contributed by atoms with Gasteiger partial charge in [0.1, 0.15) is 5.75 Å². The van der Waals surface area contributed by atoms with Gasteiger partial charge in [-0.25, -0.2) is 4.79 Å². The molecule has 0 atom stereocenters. The number of ether oxygens (including phenoxy) is 2. The van der Waals surface area contributed by atoms with Crippen LogP contribution in [0.5, 0.6) is 5.75 Å². The van der Waals surface area contributed by atoms with Crippen LogP contribution in [-0.2, 0) is 4.74 Å². The van der Waals surface area contributed by atoms with Crippen LogP contribution in [0, 0.1) is 6.92 Å². The average molecular weight is 328 g/mol. The number of anilines is 2. The lowest BCUT2D eigenvalue weighted by atomic mass is 10.1. The highest BCUT2D eigenvalue weighted by Gasteiger charge is 2.14. The molecule has 6 nitrogen and oxygen atoms in total. The van der Waals surface area contributed by atoms with Gasteiger partial charge in [0, 0.05) is 5.69 Å². The number of carbonyl (C=O) groups is 2. The molecule has 0 radical (unpaired) electrons. The molecule has 126 valence electrons. The highest BCUT2D eigenvalue weighted by molar-refractivity contribution is 6.09. The first-order chi connectivity index (χ1) is 11.5. The third-order valence-electron chi connectivity index (χ3n) is 3.33. The van der Waals surface area contributed by atoms with Crippen molar-refractivity contribution in [2.45, 2.75) is 13.8 Å². The summed E-state index contributed by atoms with van der Waals surface area (Å²) in [7, 11) is 1.26. The van der Waals surface area contributed by atoms with E-state index in [-0.39, 0.29) is 5.91 Å². The first-order valence-electron chi connectivity index (χ1n) is 7.54. The van der Waals surface area contributed by atoms with Gasteiger partial charge in [0.2, 0.25) is 0 Å². The van der Waals surface area contributed by atoms with Crippen LogP contribution in [0.2, 0.25) is 0 Å². The van der Waals surface area contributed by atoms with E-state index in [4.69, 9.17) is 4.74 Å². The number of rotatable bonds is 5. The molecule has 0 aliphatic rings. The second kappa shape index (κ2) is 8.01. The maximum Gasteiger partial charge on any atom is 0.411 e. The van der Waals surface area contributed by atoms with Crippen molar-refractivity contribution < 1.29 is 19.1 Å². The standard InChI is InChI=1S/C18H20N2O4/c1-4-24-16-10-9-13(11-12(16)2)19-17(21)14-7-5-6-8-15(14)20-18(22)23-3/h5-11H,4H2,1-3H3,(H,19,21)(H,20,22). The molecule has 2 amide bonds. The number of nitrogens with one attached hydrogen (secondary N) is 2. The predicted octanol–water partition coefficient (Wildman–Crippen LogP) is 3.82. The van der Waals surface area contributed by atoms with E-state index in [2.05, 4.69) is 15.4 Å². The molecule has 0 aromatic heterocycles. The summed E-state index contributed by atoms with van der Waals surface area (Å²) in [6, 6.07) is 12.1. The van der Waals surface area contributed by atoms with Crippen molar-refractivity contribution in [1.29, 1.82) is 0 Å². The Balaban J connectivity index is 2.18. The van der Waals surface area contributed by atoms with E-state index in [0.717, 1.165) is 11.3 Å². The minimum Gasteiger partial charge on any atom is -0.494 e. The van der Waals surface area contributed by atoms with Crippen LogP contribution in [0.4, 0.5) is 16.2 Å². The maximum atomic E-state index is 12.5. The number of aryl methyl sites for hydroxylation is 1. The van der Waals surface area contributed by atoms with Crippen molar-refractivity contribution in [2.24, 2.45) is 0 Å². The Labute approximate surface area is 140 Å². The number of hydrogen-bond acceptors (Lipinski definition) is 4. The van der Waals surface area contributed by atoms with Crippen LogP contribution >= 0.6 is 0 Å². The third-order valence-corrected chi connectivity index (χ3v) is 3.33. The Hall–Kier alpha value is -3.02. The van der Waals surface area contributed by atoms with Crippen molar-refractivity contribution >= 4 is 23.4 Å². The fourth-order valence-corrected chi connectivity index (χ4v) is 2.19. The summed E-state index contributed by atoms with van der Waals surface area (Å²) in [6.45, 7) is 4.41. The van der Waals surface area contributed by atoms with Gasteiger partial charge in [-0.3, -0.25) is 10.1 Å². The molecule has 2 aromatic carbocycles. The molecular formula is C18H20N2O4. The predicted molar refractivity (Wildman–Crippen MR) is 92.8 cm³/mol. The number of hydrogen-bond donors (Lipinski definition) is 2. The smallest absolute Gasteiger partial charge is 0.411 e. The van der Waals surface area contributed by atoms with Crippen molar-refractivity contribution in [3.8, 4) is 5.75 Å². The number of benzene rings is 2. The van der Waals surface area contributed by atoms with Gasteiger partial charge >= 0.3 is 6.09 Å². The fraction of sp³-hybridized carbons (Fsp3) is 0.222. The zero-order valence-electron chi connectivity index (χ0n) is 13.9. The van der Waals surface area contributed by atoms with E-state index >= 15 is 0 Å². The average Bonchev–Trinajstić information content (AvgIpc) is 2.57. The maximum absolute atomic E-state index is 12.5. The first-order valence-corrected chi connectivity index (χ1v) is 7.54. The van der Waals surface area contributed by atoms with Gasteiger partial charge < -0.3 is 14.8 Å². The van der Waals surface area contributed by atoms with Gasteiger partial charge in [-0.05, 0) is 49.7 Å². The van der Waals surface area contributed by atoms with Gasteiger partial charge in [0.25, 0.3) is 5.91 Å². The summed E-state index contributed by atoms with van der Waals surface area (Å²) < 4.78 is 10.0. The molecule has 0 fully saturated rings. The van der Waals surface area contributed by atoms with Crippen molar-refractivity contribution in [3.63, 3.8) is 0 Å². The Bertz CT molecular complexity index is 744. The van der Waals surface area contributed by atoms with Crippen molar-refractivity contribution in [2.75, 3.05) is 24.4 Å². The Morgan fingerprint density at radius 2 is 1.83 bits per heavy atom. The largest absolute Gasteiger partial charge is 0.494 e. The summed E-state index contributed by atoms with van der Waals surface area (Å²) in [5.74, 6) is 0.453. The highest BCUT2D eigenvalue weighted by Crippen LogP contribution is 2.23. The molecular weight excluding hydrogens is 308 g/mol.